The molecule has 0 aliphatic rings. The van der Waals surface area contributed by atoms with Gasteiger partial charge in [0, 0.05) is 0 Å². The molecular weight excluding hydrogens is 278 g/mol. The van der Waals surface area contributed by atoms with Crippen LogP contribution in [0.25, 0.3) is 0 Å². The summed E-state index contributed by atoms with van der Waals surface area (Å²) in [5.74, 6) is -2.63. The number of carbonyl (C=O) groups excluding carboxylic acids is 1. The Labute approximate surface area is 120 Å². The molecule has 0 unspecified atom stereocenters. The molecule has 0 bridgehead atoms. The zero-order valence-electron chi connectivity index (χ0n) is 11.3. The van der Waals surface area contributed by atoms with E-state index in [0.29, 0.717) is 0 Å². The van der Waals surface area contributed by atoms with E-state index < -0.39 is 17.6 Å². The smallest absolute Gasteiger partial charge is 0.340 e. The molecule has 0 spiro atoms. The molecule has 2 aromatic carbocycles. The van der Waals surface area contributed by atoms with Gasteiger partial charge in [-0.05, 0) is 31.2 Å². The van der Waals surface area contributed by atoms with Crippen molar-refractivity contribution in [2.24, 2.45) is 0 Å². The number of hydrogen-bond donors (Lipinski definition) is 2. The Morgan fingerprint density at radius 2 is 1.95 bits per heavy atom. The van der Waals surface area contributed by atoms with Crippen LogP contribution in [-0.4, -0.2) is 12.6 Å². The van der Waals surface area contributed by atoms with E-state index in [1.807, 2.05) is 0 Å². The maximum atomic E-state index is 13.7. The van der Waals surface area contributed by atoms with E-state index in [-0.39, 0.29) is 29.2 Å². The third-order valence-corrected chi connectivity index (χ3v) is 2.80. The molecule has 0 aromatic heterocycles. The van der Waals surface area contributed by atoms with Crippen LogP contribution in [0.2, 0.25) is 0 Å². The SMILES string of the molecule is CCOC(=O)c1cccc(N)c1Nc1cccc(F)c1F. The van der Waals surface area contributed by atoms with Crippen molar-refractivity contribution < 1.29 is 18.3 Å². The number of nitrogens with two attached hydrogens (primary N) is 1. The van der Waals surface area contributed by atoms with Crippen LogP contribution in [0.3, 0.4) is 0 Å². The number of esters is 1. The molecule has 0 saturated carbocycles. The fourth-order valence-corrected chi connectivity index (χ4v) is 1.82. The van der Waals surface area contributed by atoms with Crippen LogP contribution in [0, 0.1) is 11.6 Å². The minimum Gasteiger partial charge on any atom is -0.462 e. The van der Waals surface area contributed by atoms with Crippen molar-refractivity contribution in [2.45, 2.75) is 6.92 Å². The lowest BCUT2D eigenvalue weighted by molar-refractivity contribution is 0.0527. The number of halogens is 2. The number of para-hydroxylation sites is 1. The highest BCUT2D eigenvalue weighted by atomic mass is 19.2. The molecule has 0 saturated heterocycles. The Bertz CT molecular complexity index is 675. The number of nitrogens with one attached hydrogen (secondary N) is 1. The summed E-state index contributed by atoms with van der Waals surface area (Å²) in [7, 11) is 0. The van der Waals surface area contributed by atoms with Crippen LogP contribution >= 0.6 is 0 Å². The Hall–Kier alpha value is -2.63. The number of carbonyl (C=O) groups is 1. The third-order valence-electron chi connectivity index (χ3n) is 2.80. The van der Waals surface area contributed by atoms with Gasteiger partial charge in [-0.3, -0.25) is 0 Å². The first-order chi connectivity index (χ1) is 10.0. The highest BCUT2D eigenvalue weighted by Crippen LogP contribution is 2.29. The van der Waals surface area contributed by atoms with Crippen LogP contribution in [0.1, 0.15) is 17.3 Å². The normalized spacial score (nSPS) is 10.2. The minimum atomic E-state index is -1.05. The zero-order valence-corrected chi connectivity index (χ0v) is 11.3. The van der Waals surface area contributed by atoms with Gasteiger partial charge in [0.2, 0.25) is 0 Å². The summed E-state index contributed by atoms with van der Waals surface area (Å²) in [5, 5.41) is 2.65. The van der Waals surface area contributed by atoms with Crippen LogP contribution in [-0.2, 0) is 4.74 Å². The molecule has 2 rings (SSSR count). The summed E-state index contributed by atoms with van der Waals surface area (Å²) in [4.78, 5) is 11.9. The van der Waals surface area contributed by atoms with E-state index in [1.54, 1.807) is 19.1 Å². The lowest BCUT2D eigenvalue weighted by atomic mass is 10.1. The second kappa shape index (κ2) is 6.21. The van der Waals surface area contributed by atoms with Crippen molar-refractivity contribution in [3.8, 4) is 0 Å². The Kier molecular flexibility index (Phi) is 4.37. The van der Waals surface area contributed by atoms with Gasteiger partial charge in [-0.15, -0.1) is 0 Å². The summed E-state index contributed by atoms with van der Waals surface area (Å²) < 4.78 is 31.8. The average molecular weight is 292 g/mol. The Balaban J connectivity index is 2.44. The number of rotatable bonds is 4. The molecule has 0 amide bonds. The predicted molar refractivity (Wildman–Crippen MR) is 76.5 cm³/mol. The van der Waals surface area contributed by atoms with Crippen LogP contribution in [0.15, 0.2) is 36.4 Å². The van der Waals surface area contributed by atoms with Gasteiger partial charge < -0.3 is 15.8 Å². The molecule has 0 fully saturated rings. The van der Waals surface area contributed by atoms with Gasteiger partial charge in [0.25, 0.3) is 0 Å². The molecule has 6 heteroatoms. The molecule has 0 aliphatic heterocycles. The standard InChI is InChI=1S/C15H14F2N2O2/c1-2-21-15(20)9-5-3-7-11(18)14(9)19-12-8-4-6-10(16)13(12)17/h3-8,19H,2,18H2,1H3. The monoisotopic (exact) mass is 292 g/mol. The van der Waals surface area contributed by atoms with Gasteiger partial charge in [0.05, 0.1) is 29.2 Å². The molecule has 21 heavy (non-hydrogen) atoms. The molecule has 3 N–H and O–H groups in total. The minimum absolute atomic E-state index is 0.113. The van der Waals surface area contributed by atoms with Crippen LogP contribution in [0.5, 0.6) is 0 Å². The fraction of sp³-hybridized carbons (Fsp3) is 0.133. The van der Waals surface area contributed by atoms with Crippen molar-refractivity contribution in [2.75, 3.05) is 17.7 Å². The molecule has 2 aromatic rings. The largest absolute Gasteiger partial charge is 0.462 e. The van der Waals surface area contributed by atoms with Gasteiger partial charge >= 0.3 is 5.97 Å². The van der Waals surface area contributed by atoms with Crippen molar-refractivity contribution >= 4 is 23.0 Å². The quantitative estimate of drug-likeness (QED) is 0.669. The summed E-state index contributed by atoms with van der Waals surface area (Å²) in [5.41, 5.74) is 6.25. The van der Waals surface area contributed by atoms with Gasteiger partial charge in [-0.1, -0.05) is 12.1 Å². The van der Waals surface area contributed by atoms with E-state index in [1.165, 1.54) is 18.2 Å². The summed E-state index contributed by atoms with van der Waals surface area (Å²) in [6, 6.07) is 8.32. The van der Waals surface area contributed by atoms with Gasteiger partial charge in [-0.2, -0.15) is 0 Å². The first-order valence-electron chi connectivity index (χ1n) is 6.31. The van der Waals surface area contributed by atoms with E-state index >= 15 is 0 Å². The second-order valence-electron chi connectivity index (χ2n) is 4.22. The Morgan fingerprint density at radius 3 is 2.67 bits per heavy atom. The number of nitrogen functional groups attached to an aromatic ring is 1. The lowest BCUT2D eigenvalue weighted by Crippen LogP contribution is -2.10. The van der Waals surface area contributed by atoms with E-state index in [0.717, 1.165) is 6.07 Å². The number of anilines is 3. The van der Waals surface area contributed by atoms with E-state index in [2.05, 4.69) is 5.32 Å². The number of ether oxygens (including phenoxy) is 1. The van der Waals surface area contributed by atoms with Crippen molar-refractivity contribution in [1.82, 2.24) is 0 Å². The highest BCUT2D eigenvalue weighted by molar-refractivity contribution is 5.99. The molecule has 4 nitrogen and oxygen atoms in total. The van der Waals surface area contributed by atoms with Gasteiger partial charge in [0.15, 0.2) is 11.6 Å². The summed E-state index contributed by atoms with van der Waals surface area (Å²) >= 11 is 0. The topological polar surface area (TPSA) is 64.3 Å². The van der Waals surface area contributed by atoms with Crippen molar-refractivity contribution in [1.29, 1.82) is 0 Å². The van der Waals surface area contributed by atoms with Crippen LogP contribution < -0.4 is 11.1 Å². The zero-order chi connectivity index (χ0) is 15.4. The predicted octanol–water partition coefficient (Wildman–Crippen LogP) is 3.47. The molecule has 110 valence electrons. The first-order valence-corrected chi connectivity index (χ1v) is 6.31. The summed E-state index contributed by atoms with van der Waals surface area (Å²) in [6.07, 6.45) is 0. The molecule has 0 aliphatic carbocycles. The maximum Gasteiger partial charge on any atom is 0.340 e. The number of benzene rings is 2. The fourth-order valence-electron chi connectivity index (χ4n) is 1.82. The summed E-state index contributed by atoms with van der Waals surface area (Å²) in [6.45, 7) is 1.87. The highest BCUT2D eigenvalue weighted by Gasteiger charge is 2.17. The molecule has 0 radical (unpaired) electrons. The van der Waals surface area contributed by atoms with Gasteiger partial charge in [-0.25, -0.2) is 13.6 Å². The number of hydrogen-bond acceptors (Lipinski definition) is 4. The second-order valence-corrected chi connectivity index (χ2v) is 4.22. The third kappa shape index (κ3) is 3.10. The molecular formula is C15H14F2N2O2. The maximum absolute atomic E-state index is 13.7. The Morgan fingerprint density at radius 1 is 1.24 bits per heavy atom. The molecule has 0 heterocycles. The van der Waals surface area contributed by atoms with Crippen molar-refractivity contribution in [3.05, 3.63) is 53.6 Å². The van der Waals surface area contributed by atoms with Crippen molar-refractivity contribution in [3.63, 3.8) is 0 Å². The van der Waals surface area contributed by atoms with Gasteiger partial charge in [0.1, 0.15) is 0 Å². The molecule has 0 atom stereocenters. The lowest BCUT2D eigenvalue weighted by Gasteiger charge is -2.14. The van der Waals surface area contributed by atoms with Crippen LogP contribution in [0.4, 0.5) is 25.8 Å². The average Bonchev–Trinajstić information content (AvgIpc) is 2.46. The van der Waals surface area contributed by atoms with E-state index in [4.69, 9.17) is 10.5 Å². The first kappa shape index (κ1) is 14.8. The van der Waals surface area contributed by atoms with E-state index in [9.17, 15) is 13.6 Å².